The molecule has 0 spiro atoms. The van der Waals surface area contributed by atoms with Crippen LogP contribution >= 0.6 is 0 Å². The molecule has 138 valence electrons. The quantitative estimate of drug-likeness (QED) is 0.832. The monoisotopic (exact) mass is 370 g/mol. The molecule has 1 unspecified atom stereocenters. The normalized spacial score (nSPS) is 16.4. The number of hydrogen-bond acceptors (Lipinski definition) is 4. The van der Waals surface area contributed by atoms with E-state index in [2.05, 4.69) is 10.6 Å². The lowest BCUT2D eigenvalue weighted by atomic mass is 9.87. The Bertz CT molecular complexity index is 758. The zero-order valence-corrected chi connectivity index (χ0v) is 15.2. The highest BCUT2D eigenvalue weighted by Gasteiger charge is 2.28. The van der Waals surface area contributed by atoms with Crippen LogP contribution in [0.2, 0.25) is 0 Å². The van der Waals surface area contributed by atoms with Gasteiger partial charge in [0.1, 0.15) is 10.7 Å². The molecule has 0 bridgehead atoms. The van der Waals surface area contributed by atoms with E-state index in [1.165, 1.54) is 19.2 Å². The van der Waals surface area contributed by atoms with E-state index in [9.17, 15) is 22.4 Å². The molecule has 0 saturated heterocycles. The third-order valence-electron chi connectivity index (χ3n) is 4.58. The van der Waals surface area contributed by atoms with Gasteiger partial charge in [-0.05, 0) is 30.0 Å². The van der Waals surface area contributed by atoms with Gasteiger partial charge in [-0.3, -0.25) is 10.1 Å². The second-order valence-corrected chi connectivity index (χ2v) is 8.45. The van der Waals surface area contributed by atoms with Crippen LogP contribution in [-0.4, -0.2) is 33.7 Å². The molecule has 6 nitrogen and oxygen atoms in total. The molecule has 0 aromatic heterocycles. The molecule has 2 rings (SSSR count). The summed E-state index contributed by atoms with van der Waals surface area (Å²) in [6.45, 7) is 0. The van der Waals surface area contributed by atoms with Crippen molar-refractivity contribution in [2.75, 3.05) is 13.3 Å². The molecule has 0 aliphatic heterocycles. The molecule has 1 aromatic rings. The van der Waals surface area contributed by atoms with Crippen molar-refractivity contribution in [3.05, 3.63) is 29.6 Å². The molecule has 3 amide bonds. The van der Waals surface area contributed by atoms with Gasteiger partial charge in [-0.25, -0.2) is 17.6 Å². The van der Waals surface area contributed by atoms with Gasteiger partial charge in [-0.1, -0.05) is 31.7 Å². The van der Waals surface area contributed by atoms with Crippen molar-refractivity contribution in [2.24, 2.45) is 5.92 Å². The topological polar surface area (TPSA) is 92.3 Å². The number of sulfone groups is 1. The first-order valence-corrected chi connectivity index (χ1v) is 10.1. The molecule has 1 fully saturated rings. The number of nitrogens with one attached hydrogen (secondary N) is 2. The summed E-state index contributed by atoms with van der Waals surface area (Å²) in [6, 6.07) is 3.08. The Morgan fingerprint density at radius 3 is 2.44 bits per heavy atom. The van der Waals surface area contributed by atoms with E-state index < -0.39 is 38.4 Å². The Balaban J connectivity index is 2.31. The molecule has 1 atom stereocenters. The van der Waals surface area contributed by atoms with Crippen LogP contribution in [0.4, 0.5) is 9.18 Å². The molecule has 0 radical (unpaired) electrons. The number of benzene rings is 1. The molecule has 1 saturated carbocycles. The first kappa shape index (κ1) is 19.4. The Morgan fingerprint density at radius 2 is 1.92 bits per heavy atom. The van der Waals surface area contributed by atoms with Crippen LogP contribution in [0.1, 0.15) is 43.6 Å². The molecule has 1 aromatic carbocycles. The number of carbonyl (C=O) groups excluding carboxylic acids is 2. The van der Waals surface area contributed by atoms with Gasteiger partial charge in [0.05, 0.1) is 5.92 Å². The van der Waals surface area contributed by atoms with Crippen LogP contribution in [-0.2, 0) is 14.6 Å². The predicted octanol–water partition coefficient (Wildman–Crippen LogP) is 2.35. The highest BCUT2D eigenvalue weighted by Crippen LogP contribution is 2.35. The lowest BCUT2D eigenvalue weighted by molar-refractivity contribution is -0.121. The average Bonchev–Trinajstić information content (AvgIpc) is 3.04. The van der Waals surface area contributed by atoms with Crippen LogP contribution < -0.4 is 10.6 Å². The molecule has 0 heterocycles. The zero-order chi connectivity index (χ0) is 18.6. The molecular formula is C17H23FN2O4S. The molecule has 8 heteroatoms. The fourth-order valence-corrected chi connectivity index (χ4v) is 4.00. The van der Waals surface area contributed by atoms with Crippen LogP contribution in [0.15, 0.2) is 23.1 Å². The Labute approximate surface area is 147 Å². The van der Waals surface area contributed by atoms with Gasteiger partial charge in [-0.15, -0.1) is 0 Å². The fourth-order valence-electron chi connectivity index (χ4n) is 3.27. The van der Waals surface area contributed by atoms with Gasteiger partial charge in [0.15, 0.2) is 9.84 Å². The maximum Gasteiger partial charge on any atom is 0.321 e. The lowest BCUT2D eigenvalue weighted by Crippen LogP contribution is -2.40. The zero-order valence-electron chi connectivity index (χ0n) is 14.3. The average molecular weight is 370 g/mol. The first-order chi connectivity index (χ1) is 11.7. The number of hydrogen-bond donors (Lipinski definition) is 2. The maximum absolute atomic E-state index is 14.2. The van der Waals surface area contributed by atoms with Gasteiger partial charge in [-0.2, -0.15) is 0 Å². The van der Waals surface area contributed by atoms with Gasteiger partial charge < -0.3 is 5.32 Å². The SMILES string of the molecule is CNC(=O)NC(=O)C(CC1CCCC1)c1ccc(S(C)(=O)=O)c(F)c1. The van der Waals surface area contributed by atoms with E-state index in [0.29, 0.717) is 17.9 Å². The summed E-state index contributed by atoms with van der Waals surface area (Å²) in [6.07, 6.45) is 5.60. The van der Waals surface area contributed by atoms with E-state index >= 15 is 0 Å². The summed E-state index contributed by atoms with van der Waals surface area (Å²) in [5.74, 6) is -1.77. The van der Waals surface area contributed by atoms with E-state index in [4.69, 9.17) is 0 Å². The number of rotatable bonds is 5. The minimum atomic E-state index is -3.68. The van der Waals surface area contributed by atoms with Crippen molar-refractivity contribution in [1.29, 1.82) is 0 Å². The van der Waals surface area contributed by atoms with E-state index in [1.54, 1.807) is 0 Å². The summed E-state index contributed by atoms with van der Waals surface area (Å²) in [4.78, 5) is 23.5. The van der Waals surface area contributed by atoms with Crippen molar-refractivity contribution < 1.29 is 22.4 Å². The van der Waals surface area contributed by atoms with Gasteiger partial charge in [0, 0.05) is 13.3 Å². The van der Waals surface area contributed by atoms with E-state index in [1.807, 2.05) is 0 Å². The number of imide groups is 1. The molecule has 2 N–H and O–H groups in total. The van der Waals surface area contributed by atoms with Crippen molar-refractivity contribution in [2.45, 2.75) is 42.9 Å². The molecule has 1 aliphatic carbocycles. The van der Waals surface area contributed by atoms with Crippen molar-refractivity contribution in [1.82, 2.24) is 10.6 Å². The summed E-state index contributed by atoms with van der Waals surface area (Å²) >= 11 is 0. The van der Waals surface area contributed by atoms with Crippen LogP contribution in [0.5, 0.6) is 0 Å². The number of halogens is 1. The summed E-state index contributed by atoms with van der Waals surface area (Å²) in [7, 11) is -2.28. The van der Waals surface area contributed by atoms with Gasteiger partial charge in [0.2, 0.25) is 5.91 Å². The highest BCUT2D eigenvalue weighted by molar-refractivity contribution is 7.90. The second kappa shape index (κ2) is 7.95. The van der Waals surface area contributed by atoms with Gasteiger partial charge in [0.25, 0.3) is 0 Å². The summed E-state index contributed by atoms with van der Waals surface area (Å²) in [5, 5.41) is 4.55. The summed E-state index contributed by atoms with van der Waals surface area (Å²) in [5.41, 5.74) is 0.373. The van der Waals surface area contributed by atoms with Crippen molar-refractivity contribution >= 4 is 21.8 Å². The summed E-state index contributed by atoms with van der Waals surface area (Å²) < 4.78 is 37.3. The molecular weight excluding hydrogens is 347 g/mol. The van der Waals surface area contributed by atoms with Crippen LogP contribution in [0.25, 0.3) is 0 Å². The molecule has 1 aliphatic rings. The Hall–Kier alpha value is -1.96. The first-order valence-electron chi connectivity index (χ1n) is 8.24. The third kappa shape index (κ3) is 5.01. The highest BCUT2D eigenvalue weighted by atomic mass is 32.2. The van der Waals surface area contributed by atoms with E-state index in [0.717, 1.165) is 38.0 Å². The van der Waals surface area contributed by atoms with E-state index in [-0.39, 0.29) is 0 Å². The van der Waals surface area contributed by atoms with Crippen molar-refractivity contribution in [3.63, 3.8) is 0 Å². The minimum absolute atomic E-state index is 0.332. The number of amides is 3. The van der Waals surface area contributed by atoms with Crippen LogP contribution in [0.3, 0.4) is 0 Å². The molecule has 25 heavy (non-hydrogen) atoms. The van der Waals surface area contributed by atoms with Crippen molar-refractivity contribution in [3.8, 4) is 0 Å². The second-order valence-electron chi connectivity index (χ2n) is 6.47. The maximum atomic E-state index is 14.2. The Morgan fingerprint density at radius 1 is 1.28 bits per heavy atom. The number of urea groups is 1. The third-order valence-corrected chi connectivity index (χ3v) is 5.71. The minimum Gasteiger partial charge on any atom is -0.341 e. The predicted molar refractivity (Wildman–Crippen MR) is 91.4 cm³/mol. The van der Waals surface area contributed by atoms with Gasteiger partial charge >= 0.3 is 6.03 Å². The largest absolute Gasteiger partial charge is 0.341 e. The lowest BCUT2D eigenvalue weighted by Gasteiger charge is -2.20. The van der Waals surface area contributed by atoms with Crippen LogP contribution in [0, 0.1) is 11.7 Å². The number of carbonyl (C=O) groups is 2. The standard InChI is InChI=1S/C17H23FN2O4S/c1-19-17(22)20-16(21)13(9-11-5-3-4-6-11)12-7-8-15(14(18)10-12)25(2,23)24/h7-8,10-11,13H,3-6,9H2,1-2H3,(H2,19,20,21,22). The smallest absolute Gasteiger partial charge is 0.321 e. The Kier molecular flexibility index (Phi) is 6.16. The fraction of sp³-hybridized carbons (Fsp3) is 0.529.